The highest BCUT2D eigenvalue weighted by Gasteiger charge is 2.20. The average Bonchev–Trinajstić information content (AvgIpc) is 2.45. The van der Waals surface area contributed by atoms with Crippen LogP contribution in [0.3, 0.4) is 0 Å². The van der Waals surface area contributed by atoms with E-state index in [2.05, 4.69) is 10.0 Å². The summed E-state index contributed by atoms with van der Waals surface area (Å²) < 4.78 is 31.4. The molecule has 1 atom stereocenters. The maximum atomic E-state index is 12.1. The first kappa shape index (κ1) is 17.6. The fourth-order valence-electron chi connectivity index (χ4n) is 1.67. The monoisotopic (exact) mass is 315 g/mol. The summed E-state index contributed by atoms with van der Waals surface area (Å²) in [4.78, 5) is 12.0. The van der Waals surface area contributed by atoms with Crippen LogP contribution in [-0.4, -0.2) is 40.6 Å². The molecule has 1 aromatic rings. The van der Waals surface area contributed by atoms with Crippen LogP contribution in [0.1, 0.15) is 13.3 Å². The molecule has 0 saturated carbocycles. The van der Waals surface area contributed by atoms with Crippen LogP contribution in [0.15, 0.2) is 29.2 Å². The molecule has 1 rings (SSSR count). The molecule has 0 radical (unpaired) electrons. The smallest absolute Gasteiger partial charge is 0.242 e. The number of carbonyl (C=O) groups excluding carboxylic acids is 1. The Morgan fingerprint density at radius 2 is 2.05 bits per heavy atom. The minimum atomic E-state index is -3.66. The third-order valence-electron chi connectivity index (χ3n) is 2.74. The van der Waals surface area contributed by atoms with E-state index in [1.165, 1.54) is 19.2 Å². The molecule has 1 unspecified atom stereocenters. The average molecular weight is 315 g/mol. The van der Waals surface area contributed by atoms with E-state index in [9.17, 15) is 13.2 Å². The van der Waals surface area contributed by atoms with Crippen LogP contribution in [-0.2, 0) is 19.6 Å². The summed E-state index contributed by atoms with van der Waals surface area (Å²) >= 11 is 0. The Morgan fingerprint density at radius 3 is 2.67 bits per heavy atom. The van der Waals surface area contributed by atoms with E-state index < -0.39 is 22.0 Å². The van der Waals surface area contributed by atoms with Crippen molar-refractivity contribution >= 4 is 21.6 Å². The standard InChI is InChI=1S/C13H21N3O4S/c1-3-15-21(18,19)12-7-5-4-6-11(12)16-13(17)10(14)8-9-20-2/h4-7,10,15H,3,8-9,14H2,1-2H3,(H,16,17). The van der Waals surface area contributed by atoms with Gasteiger partial charge < -0.3 is 15.8 Å². The van der Waals surface area contributed by atoms with Crippen LogP contribution < -0.4 is 15.8 Å². The van der Waals surface area contributed by atoms with Gasteiger partial charge in [0.1, 0.15) is 4.90 Å². The summed E-state index contributed by atoms with van der Waals surface area (Å²) in [5, 5.41) is 2.55. The largest absolute Gasteiger partial charge is 0.385 e. The number of hydrogen-bond acceptors (Lipinski definition) is 5. The SMILES string of the molecule is CCNS(=O)(=O)c1ccccc1NC(=O)C(N)CCOC. The molecule has 21 heavy (non-hydrogen) atoms. The molecular weight excluding hydrogens is 294 g/mol. The molecular formula is C13H21N3O4S. The molecule has 0 heterocycles. The molecule has 118 valence electrons. The number of ether oxygens (including phenoxy) is 1. The zero-order valence-corrected chi connectivity index (χ0v) is 12.9. The molecule has 1 aromatic carbocycles. The first-order valence-corrected chi connectivity index (χ1v) is 8.04. The van der Waals surface area contributed by atoms with E-state index in [0.29, 0.717) is 13.0 Å². The van der Waals surface area contributed by atoms with E-state index in [4.69, 9.17) is 10.5 Å². The van der Waals surface area contributed by atoms with Gasteiger partial charge >= 0.3 is 0 Å². The lowest BCUT2D eigenvalue weighted by atomic mass is 10.2. The number of amides is 1. The number of hydrogen-bond donors (Lipinski definition) is 3. The molecule has 0 aliphatic carbocycles. The van der Waals surface area contributed by atoms with E-state index in [1.54, 1.807) is 19.1 Å². The molecule has 0 saturated heterocycles. The number of nitrogens with one attached hydrogen (secondary N) is 2. The highest BCUT2D eigenvalue weighted by molar-refractivity contribution is 7.89. The van der Waals surface area contributed by atoms with Gasteiger partial charge in [-0.25, -0.2) is 13.1 Å². The van der Waals surface area contributed by atoms with Crippen LogP contribution in [0.25, 0.3) is 0 Å². The number of sulfonamides is 1. The van der Waals surface area contributed by atoms with Gasteiger partial charge in [0.25, 0.3) is 0 Å². The first-order chi connectivity index (χ1) is 9.92. The minimum absolute atomic E-state index is 0.0131. The molecule has 4 N–H and O–H groups in total. The van der Waals surface area contributed by atoms with E-state index in [1.807, 2.05) is 0 Å². The number of nitrogens with two attached hydrogens (primary N) is 1. The van der Waals surface area contributed by atoms with Crippen molar-refractivity contribution in [2.75, 3.05) is 25.6 Å². The number of para-hydroxylation sites is 1. The molecule has 0 spiro atoms. The van der Waals surface area contributed by atoms with Crippen molar-refractivity contribution < 1.29 is 17.9 Å². The van der Waals surface area contributed by atoms with Gasteiger partial charge in [-0.1, -0.05) is 19.1 Å². The molecule has 0 aliphatic rings. The normalized spacial score (nSPS) is 12.9. The van der Waals surface area contributed by atoms with Gasteiger partial charge in [0.2, 0.25) is 15.9 Å². The number of carbonyl (C=O) groups is 1. The second kappa shape index (κ2) is 8.08. The van der Waals surface area contributed by atoms with Crippen LogP contribution in [0.2, 0.25) is 0 Å². The predicted molar refractivity (Wildman–Crippen MR) is 80.4 cm³/mol. The summed E-state index contributed by atoms with van der Waals surface area (Å²) in [6.07, 6.45) is 0.352. The van der Waals surface area contributed by atoms with Gasteiger partial charge in [-0.05, 0) is 18.6 Å². The zero-order valence-electron chi connectivity index (χ0n) is 12.1. The third kappa shape index (κ3) is 5.09. The Morgan fingerprint density at radius 1 is 1.38 bits per heavy atom. The highest BCUT2D eigenvalue weighted by Crippen LogP contribution is 2.20. The topological polar surface area (TPSA) is 111 Å². The second-order valence-corrected chi connectivity index (χ2v) is 6.11. The van der Waals surface area contributed by atoms with Crippen LogP contribution >= 0.6 is 0 Å². The van der Waals surface area contributed by atoms with E-state index >= 15 is 0 Å². The van der Waals surface area contributed by atoms with Crippen LogP contribution in [0.4, 0.5) is 5.69 Å². The van der Waals surface area contributed by atoms with E-state index in [-0.39, 0.29) is 17.1 Å². The zero-order chi connectivity index (χ0) is 15.9. The number of benzene rings is 1. The summed E-state index contributed by atoms with van der Waals surface area (Å²) in [6.45, 7) is 2.29. The Hall–Kier alpha value is -1.48. The highest BCUT2D eigenvalue weighted by atomic mass is 32.2. The first-order valence-electron chi connectivity index (χ1n) is 6.56. The van der Waals surface area contributed by atoms with Gasteiger partial charge in [-0.3, -0.25) is 4.79 Å². The van der Waals surface area contributed by atoms with Crippen molar-refractivity contribution in [2.45, 2.75) is 24.3 Å². The second-order valence-electron chi connectivity index (χ2n) is 4.37. The third-order valence-corrected chi connectivity index (χ3v) is 4.34. The molecule has 0 aromatic heterocycles. The maximum Gasteiger partial charge on any atom is 0.242 e. The summed E-state index contributed by atoms with van der Waals surface area (Å²) in [6, 6.07) is 5.41. The number of rotatable bonds is 8. The molecule has 7 nitrogen and oxygen atoms in total. The van der Waals surface area contributed by atoms with Crippen molar-refractivity contribution in [3.63, 3.8) is 0 Å². The predicted octanol–water partition coefficient (Wildman–Crippen LogP) is 0.287. The fourth-order valence-corrected chi connectivity index (χ4v) is 2.88. The molecule has 0 bridgehead atoms. The summed E-state index contributed by atoms with van der Waals surface area (Å²) in [5.41, 5.74) is 5.92. The number of methoxy groups -OCH3 is 1. The van der Waals surface area contributed by atoms with Gasteiger partial charge in [0, 0.05) is 20.3 Å². The van der Waals surface area contributed by atoms with Gasteiger partial charge in [-0.15, -0.1) is 0 Å². The lowest BCUT2D eigenvalue weighted by Gasteiger charge is -2.15. The lowest BCUT2D eigenvalue weighted by molar-refractivity contribution is -0.117. The van der Waals surface area contributed by atoms with Crippen molar-refractivity contribution in [1.82, 2.24) is 4.72 Å². The van der Waals surface area contributed by atoms with E-state index in [0.717, 1.165) is 0 Å². The lowest BCUT2D eigenvalue weighted by Crippen LogP contribution is -2.37. The maximum absolute atomic E-state index is 12.1. The van der Waals surface area contributed by atoms with Crippen LogP contribution in [0.5, 0.6) is 0 Å². The van der Waals surface area contributed by atoms with Gasteiger partial charge in [-0.2, -0.15) is 0 Å². The summed E-state index contributed by atoms with van der Waals surface area (Å²) in [7, 11) is -2.14. The summed E-state index contributed by atoms with van der Waals surface area (Å²) in [5.74, 6) is -0.453. The van der Waals surface area contributed by atoms with Crippen molar-refractivity contribution in [3.05, 3.63) is 24.3 Å². The minimum Gasteiger partial charge on any atom is -0.385 e. The molecule has 1 amide bonds. The van der Waals surface area contributed by atoms with Crippen molar-refractivity contribution in [2.24, 2.45) is 5.73 Å². The van der Waals surface area contributed by atoms with Gasteiger partial charge in [0.05, 0.1) is 11.7 Å². The quantitative estimate of drug-likeness (QED) is 0.638. The van der Waals surface area contributed by atoms with Crippen molar-refractivity contribution in [1.29, 1.82) is 0 Å². The van der Waals surface area contributed by atoms with Gasteiger partial charge in [0.15, 0.2) is 0 Å². The number of anilines is 1. The Balaban J connectivity index is 2.92. The molecule has 0 fully saturated rings. The Labute approximate surface area is 124 Å². The molecule has 0 aliphatic heterocycles. The van der Waals surface area contributed by atoms with Crippen molar-refractivity contribution in [3.8, 4) is 0 Å². The Bertz CT molecular complexity index is 575. The molecule has 8 heteroatoms. The fraction of sp³-hybridized carbons (Fsp3) is 0.462. The Kier molecular flexibility index (Phi) is 6.76. The van der Waals surface area contributed by atoms with Crippen LogP contribution in [0, 0.1) is 0 Å².